The Balaban J connectivity index is 0.000000291. The van der Waals surface area contributed by atoms with Crippen molar-refractivity contribution in [3.05, 3.63) is 127 Å². The molecule has 1 radical (unpaired) electrons. The van der Waals surface area contributed by atoms with E-state index in [1.165, 1.54) is 24.4 Å². The summed E-state index contributed by atoms with van der Waals surface area (Å²) < 4.78 is 13.2. The molecule has 2 aromatic heterocycles. The van der Waals surface area contributed by atoms with Crippen LogP contribution in [0.3, 0.4) is 0 Å². The van der Waals surface area contributed by atoms with E-state index in [0.717, 1.165) is 28.1 Å². The van der Waals surface area contributed by atoms with E-state index in [2.05, 4.69) is 16.0 Å². The van der Waals surface area contributed by atoms with Gasteiger partial charge in [0.25, 0.3) is 0 Å². The molecule has 0 saturated heterocycles. The molecule has 0 unspecified atom stereocenters. The zero-order chi connectivity index (χ0) is 23.8. The van der Waals surface area contributed by atoms with Crippen LogP contribution in [0.1, 0.15) is 10.5 Å². The van der Waals surface area contributed by atoms with Crippen molar-refractivity contribution in [1.82, 2.24) is 15.0 Å². The average Bonchev–Trinajstić information content (AvgIpc) is 2.91. The zero-order valence-electron chi connectivity index (χ0n) is 18.3. The monoisotopic (exact) mass is 641 g/mol. The number of rotatable bonds is 4. The van der Waals surface area contributed by atoms with Crippen molar-refractivity contribution >= 4 is 5.97 Å². The fourth-order valence-electron chi connectivity index (χ4n) is 3.17. The van der Waals surface area contributed by atoms with Crippen LogP contribution in [0.2, 0.25) is 0 Å². The number of carbonyl (C=O) groups is 1. The number of nitrogens with zero attached hydrogens (tertiary/aromatic N) is 3. The first-order chi connectivity index (χ1) is 16.6. The molecule has 0 aliphatic carbocycles. The quantitative estimate of drug-likeness (QED) is 0.237. The number of aromatic carboxylic acids is 1. The second kappa shape index (κ2) is 12.4. The zero-order valence-corrected chi connectivity index (χ0v) is 20.7. The second-order valence-electron chi connectivity index (χ2n) is 7.12. The minimum Gasteiger partial charge on any atom is -0.477 e. The Hall–Kier alpha value is -4.06. The summed E-state index contributed by atoms with van der Waals surface area (Å²) in [6.45, 7) is 0. The SMILES string of the molecule is Fc1ccc(-c2cnc(-c3[c-]cccc3)c(-c3ccccc3)n2)cc1.O=C(O)c1ccccn1.[Ir]. The van der Waals surface area contributed by atoms with Crippen LogP contribution in [0.15, 0.2) is 109 Å². The van der Waals surface area contributed by atoms with Crippen molar-refractivity contribution in [2.24, 2.45) is 0 Å². The molecule has 0 saturated carbocycles. The molecule has 5 nitrogen and oxygen atoms in total. The van der Waals surface area contributed by atoms with Crippen LogP contribution in [-0.2, 0) is 20.1 Å². The van der Waals surface area contributed by atoms with Gasteiger partial charge in [0.2, 0.25) is 0 Å². The van der Waals surface area contributed by atoms with Gasteiger partial charge in [0.15, 0.2) is 0 Å². The molecule has 0 atom stereocenters. The van der Waals surface area contributed by atoms with Gasteiger partial charge in [-0.05, 0) is 42.0 Å². The van der Waals surface area contributed by atoms with Gasteiger partial charge in [-0.1, -0.05) is 36.4 Å². The fourth-order valence-corrected chi connectivity index (χ4v) is 3.17. The largest absolute Gasteiger partial charge is 0.477 e. The molecule has 5 rings (SSSR count). The maximum Gasteiger partial charge on any atom is 0.354 e. The number of hydrogen-bond acceptors (Lipinski definition) is 4. The standard InChI is InChI=1S/C22H14FN2.C6H5NO2.Ir/c23-19-13-11-16(12-14-19)20-15-24-21(17-7-3-1-4-8-17)22(25-20)18-9-5-2-6-10-18;8-6(9)5-3-1-2-4-7-5;/h1-7,9-15H;1-4H,(H,8,9);/q-1;;. The molecule has 0 amide bonds. The van der Waals surface area contributed by atoms with Gasteiger partial charge in [-0.15, -0.1) is 35.9 Å². The molecule has 0 aliphatic heterocycles. The smallest absolute Gasteiger partial charge is 0.354 e. The van der Waals surface area contributed by atoms with E-state index in [0.29, 0.717) is 5.69 Å². The Morgan fingerprint density at radius 1 is 0.771 bits per heavy atom. The summed E-state index contributed by atoms with van der Waals surface area (Å²) in [4.78, 5) is 23.2. The Morgan fingerprint density at radius 3 is 2.09 bits per heavy atom. The number of halogens is 1. The number of benzene rings is 3. The summed E-state index contributed by atoms with van der Waals surface area (Å²) in [5.41, 5.74) is 5.04. The summed E-state index contributed by atoms with van der Waals surface area (Å²) in [5.74, 6) is -1.26. The Morgan fingerprint density at radius 2 is 1.49 bits per heavy atom. The molecule has 2 heterocycles. The van der Waals surface area contributed by atoms with Crippen molar-refractivity contribution in [3.63, 3.8) is 0 Å². The van der Waals surface area contributed by atoms with Gasteiger partial charge in [0, 0.05) is 43.8 Å². The fraction of sp³-hybridized carbons (Fsp3) is 0. The third kappa shape index (κ3) is 6.73. The van der Waals surface area contributed by atoms with Crippen LogP contribution in [0.5, 0.6) is 0 Å². The number of carboxylic acids is 1. The molecule has 175 valence electrons. The van der Waals surface area contributed by atoms with Gasteiger partial charge < -0.3 is 10.1 Å². The maximum atomic E-state index is 13.2. The molecule has 1 N–H and O–H groups in total. The Labute approximate surface area is 215 Å². The first-order valence-corrected chi connectivity index (χ1v) is 10.4. The van der Waals surface area contributed by atoms with Gasteiger partial charge in [-0.3, -0.25) is 4.98 Å². The first kappa shape index (κ1) is 25.6. The van der Waals surface area contributed by atoms with Crippen LogP contribution in [-0.4, -0.2) is 26.0 Å². The molecule has 3 aromatic carbocycles. The summed E-state index contributed by atoms with van der Waals surface area (Å²) in [6, 6.07) is 31.9. The van der Waals surface area contributed by atoms with E-state index in [1.807, 2.05) is 54.6 Å². The van der Waals surface area contributed by atoms with Crippen LogP contribution in [0.4, 0.5) is 4.39 Å². The predicted molar refractivity (Wildman–Crippen MR) is 128 cm³/mol. The minimum absolute atomic E-state index is 0. The van der Waals surface area contributed by atoms with E-state index in [-0.39, 0.29) is 31.6 Å². The van der Waals surface area contributed by atoms with Crippen molar-refractivity contribution in [3.8, 4) is 33.8 Å². The van der Waals surface area contributed by atoms with Crippen molar-refractivity contribution in [2.75, 3.05) is 0 Å². The molecule has 0 bridgehead atoms. The maximum absolute atomic E-state index is 13.2. The van der Waals surface area contributed by atoms with Crippen molar-refractivity contribution in [1.29, 1.82) is 0 Å². The Kier molecular flexibility index (Phi) is 9.07. The van der Waals surface area contributed by atoms with Gasteiger partial charge >= 0.3 is 5.97 Å². The van der Waals surface area contributed by atoms with Crippen LogP contribution in [0.25, 0.3) is 33.8 Å². The number of carboxylic acid groups (broad SMARTS) is 1. The van der Waals surface area contributed by atoms with Crippen LogP contribution >= 0.6 is 0 Å². The normalized spacial score (nSPS) is 9.86. The van der Waals surface area contributed by atoms with E-state index in [1.54, 1.807) is 30.5 Å². The summed E-state index contributed by atoms with van der Waals surface area (Å²) in [5, 5.41) is 8.32. The molecule has 0 spiro atoms. The van der Waals surface area contributed by atoms with Gasteiger partial charge in [-0.25, -0.2) is 14.2 Å². The van der Waals surface area contributed by atoms with E-state index in [9.17, 15) is 9.18 Å². The molecule has 0 aliphatic rings. The number of hydrogen-bond donors (Lipinski definition) is 1. The van der Waals surface area contributed by atoms with Crippen LogP contribution < -0.4 is 0 Å². The first-order valence-electron chi connectivity index (χ1n) is 10.4. The van der Waals surface area contributed by atoms with Gasteiger partial charge in [0.05, 0.1) is 11.4 Å². The topological polar surface area (TPSA) is 76.0 Å². The summed E-state index contributed by atoms with van der Waals surface area (Å²) in [6.07, 6.45) is 3.17. The van der Waals surface area contributed by atoms with E-state index < -0.39 is 5.97 Å². The molecule has 5 aromatic rings. The third-order valence-corrected chi connectivity index (χ3v) is 4.81. The second-order valence-corrected chi connectivity index (χ2v) is 7.12. The molecule has 0 fully saturated rings. The predicted octanol–water partition coefficient (Wildman–Crippen LogP) is 6.19. The summed E-state index contributed by atoms with van der Waals surface area (Å²) in [7, 11) is 0. The van der Waals surface area contributed by atoms with E-state index in [4.69, 9.17) is 10.1 Å². The Bertz CT molecular complexity index is 1370. The third-order valence-electron chi connectivity index (χ3n) is 4.81. The summed E-state index contributed by atoms with van der Waals surface area (Å²) >= 11 is 0. The van der Waals surface area contributed by atoms with Crippen LogP contribution in [0, 0.1) is 11.9 Å². The van der Waals surface area contributed by atoms with Gasteiger partial charge in [0.1, 0.15) is 11.5 Å². The van der Waals surface area contributed by atoms with Gasteiger partial charge in [-0.2, -0.15) is 0 Å². The molecular formula is C28H19FIrN3O2-. The number of pyridine rings is 1. The average molecular weight is 641 g/mol. The minimum atomic E-state index is -0.990. The molecule has 35 heavy (non-hydrogen) atoms. The van der Waals surface area contributed by atoms with Crippen molar-refractivity contribution < 1.29 is 34.4 Å². The van der Waals surface area contributed by atoms with E-state index >= 15 is 0 Å². The number of aromatic nitrogens is 3. The molecular weight excluding hydrogens is 622 g/mol. The van der Waals surface area contributed by atoms with Crippen molar-refractivity contribution in [2.45, 2.75) is 0 Å². The molecule has 7 heteroatoms.